The first kappa shape index (κ1) is 18.8. The van der Waals surface area contributed by atoms with E-state index in [1.807, 2.05) is 66.4 Å². The number of likely N-dealkylation sites (tertiary alicyclic amines) is 1. The van der Waals surface area contributed by atoms with Crippen molar-refractivity contribution in [2.45, 2.75) is 38.0 Å². The maximum absolute atomic E-state index is 13.6. The van der Waals surface area contributed by atoms with Crippen LogP contribution in [0.25, 0.3) is 11.1 Å². The van der Waals surface area contributed by atoms with E-state index in [0.29, 0.717) is 12.4 Å². The molecule has 1 spiro atoms. The number of rotatable bonds is 2. The van der Waals surface area contributed by atoms with Crippen LogP contribution in [0.4, 0.5) is 0 Å². The zero-order valence-electron chi connectivity index (χ0n) is 17.1. The number of aromatic nitrogens is 2. The fraction of sp³-hybridized carbons (Fsp3) is 0.320. The van der Waals surface area contributed by atoms with Crippen molar-refractivity contribution in [1.82, 2.24) is 14.9 Å². The second kappa shape index (κ2) is 7.24. The first-order valence-corrected chi connectivity index (χ1v) is 10.6. The number of carbonyl (C=O) groups is 1. The van der Waals surface area contributed by atoms with E-state index in [4.69, 9.17) is 4.98 Å². The number of amides is 1. The lowest BCUT2D eigenvalue weighted by molar-refractivity contribution is 0.0634. The van der Waals surface area contributed by atoms with Gasteiger partial charge in [0.2, 0.25) is 0 Å². The molecule has 2 heterocycles. The summed E-state index contributed by atoms with van der Waals surface area (Å²) in [5.41, 5.74) is 4.23. The Morgan fingerprint density at radius 3 is 2.67 bits per heavy atom. The molecule has 1 unspecified atom stereocenters. The summed E-state index contributed by atoms with van der Waals surface area (Å²) in [7, 11) is 0. The third-order valence-electron chi connectivity index (χ3n) is 6.60. The zero-order valence-corrected chi connectivity index (χ0v) is 17.1. The second-order valence-corrected chi connectivity index (χ2v) is 8.50. The van der Waals surface area contributed by atoms with Crippen molar-refractivity contribution in [1.29, 1.82) is 0 Å². The Kier molecular flexibility index (Phi) is 4.54. The molecular weight excluding hydrogens is 374 g/mol. The number of aromatic amines is 1. The second-order valence-electron chi connectivity index (χ2n) is 8.50. The van der Waals surface area contributed by atoms with Crippen LogP contribution < -0.4 is 5.56 Å². The van der Waals surface area contributed by atoms with E-state index < -0.39 is 0 Å². The van der Waals surface area contributed by atoms with Gasteiger partial charge in [-0.3, -0.25) is 9.59 Å². The van der Waals surface area contributed by atoms with Gasteiger partial charge in [-0.15, -0.1) is 0 Å². The third-order valence-corrected chi connectivity index (χ3v) is 6.60. The third kappa shape index (κ3) is 3.05. The van der Waals surface area contributed by atoms with Gasteiger partial charge in [-0.05, 0) is 49.8 Å². The summed E-state index contributed by atoms with van der Waals surface area (Å²) in [4.78, 5) is 35.6. The van der Waals surface area contributed by atoms with Gasteiger partial charge in [0.05, 0.1) is 5.69 Å². The molecule has 5 rings (SSSR count). The molecule has 1 aliphatic heterocycles. The van der Waals surface area contributed by atoms with Gasteiger partial charge in [0.15, 0.2) is 0 Å². The number of H-pyrrole nitrogens is 1. The lowest BCUT2D eigenvalue weighted by Gasteiger charge is -2.40. The molecule has 1 atom stereocenters. The van der Waals surface area contributed by atoms with Crippen LogP contribution in [0, 0.1) is 6.92 Å². The average Bonchev–Trinajstić information content (AvgIpc) is 3.11. The Bertz CT molecular complexity index is 1170. The minimum Gasteiger partial charge on any atom is -0.338 e. The van der Waals surface area contributed by atoms with Crippen LogP contribution in [0.5, 0.6) is 0 Å². The summed E-state index contributed by atoms with van der Waals surface area (Å²) < 4.78 is 0. The fourth-order valence-electron chi connectivity index (χ4n) is 5.18. The number of aryl methyl sites for hydroxylation is 1. The highest BCUT2D eigenvalue weighted by Crippen LogP contribution is 2.43. The van der Waals surface area contributed by atoms with Gasteiger partial charge in [0.25, 0.3) is 11.5 Å². The lowest BCUT2D eigenvalue weighted by atomic mass is 9.77. The molecule has 1 fully saturated rings. The van der Waals surface area contributed by atoms with Gasteiger partial charge in [0.1, 0.15) is 5.82 Å². The Hall–Kier alpha value is -3.21. The van der Waals surface area contributed by atoms with Crippen LogP contribution in [-0.4, -0.2) is 33.9 Å². The maximum atomic E-state index is 13.6. The molecule has 1 aliphatic carbocycles. The molecule has 30 heavy (non-hydrogen) atoms. The highest BCUT2D eigenvalue weighted by atomic mass is 16.2. The SMILES string of the molecule is Cc1nc2c(c(=O)[nH]1)CCC21CCCN(C(=O)c2ccccc2-c2ccccc2)C1. The van der Waals surface area contributed by atoms with Crippen molar-refractivity contribution in [2.75, 3.05) is 13.1 Å². The number of carbonyl (C=O) groups excluding carboxylic acids is 1. The summed E-state index contributed by atoms with van der Waals surface area (Å²) in [6.07, 6.45) is 3.51. The van der Waals surface area contributed by atoms with Crippen molar-refractivity contribution in [2.24, 2.45) is 0 Å². The molecule has 1 amide bonds. The quantitative estimate of drug-likeness (QED) is 0.711. The number of piperidine rings is 1. The smallest absolute Gasteiger partial charge is 0.254 e. The molecule has 0 saturated carbocycles. The summed E-state index contributed by atoms with van der Waals surface area (Å²) >= 11 is 0. The summed E-state index contributed by atoms with van der Waals surface area (Å²) in [6.45, 7) is 3.19. The monoisotopic (exact) mass is 399 g/mol. The van der Waals surface area contributed by atoms with Crippen LogP contribution in [0.1, 0.15) is 46.7 Å². The van der Waals surface area contributed by atoms with Gasteiger partial charge >= 0.3 is 0 Å². The molecule has 2 aromatic carbocycles. The minimum absolute atomic E-state index is 0.0211. The van der Waals surface area contributed by atoms with Crippen LogP contribution in [0.15, 0.2) is 59.4 Å². The predicted molar refractivity (Wildman–Crippen MR) is 117 cm³/mol. The molecule has 0 radical (unpaired) electrons. The minimum atomic E-state index is -0.204. The van der Waals surface area contributed by atoms with Gasteiger partial charge in [-0.25, -0.2) is 4.98 Å². The molecule has 3 aromatic rings. The molecule has 1 aromatic heterocycles. The van der Waals surface area contributed by atoms with Crippen molar-refractivity contribution >= 4 is 5.91 Å². The standard InChI is InChI=1S/C25H25N3O2/c1-17-26-22-21(23(29)27-17)12-14-25(22)13-7-15-28(16-25)24(30)20-11-6-5-10-19(20)18-8-3-2-4-9-18/h2-6,8-11H,7,12-16H2,1H3,(H,26,27,29). The highest BCUT2D eigenvalue weighted by Gasteiger charge is 2.45. The van der Waals surface area contributed by atoms with E-state index in [1.54, 1.807) is 0 Å². The number of fused-ring (bicyclic) bond motifs is 2. The first-order chi connectivity index (χ1) is 14.6. The van der Waals surface area contributed by atoms with Crippen LogP contribution in [0.3, 0.4) is 0 Å². The van der Waals surface area contributed by atoms with Crippen LogP contribution in [-0.2, 0) is 11.8 Å². The molecule has 1 N–H and O–H groups in total. The molecular formula is C25H25N3O2. The van der Waals surface area contributed by atoms with E-state index in [-0.39, 0.29) is 16.9 Å². The first-order valence-electron chi connectivity index (χ1n) is 10.6. The van der Waals surface area contributed by atoms with Gasteiger partial charge in [-0.1, -0.05) is 48.5 Å². The summed E-state index contributed by atoms with van der Waals surface area (Å²) in [6, 6.07) is 17.9. The van der Waals surface area contributed by atoms with E-state index in [0.717, 1.165) is 60.2 Å². The van der Waals surface area contributed by atoms with Gasteiger partial charge < -0.3 is 9.88 Å². The van der Waals surface area contributed by atoms with E-state index >= 15 is 0 Å². The number of benzene rings is 2. The van der Waals surface area contributed by atoms with Crippen molar-refractivity contribution in [3.8, 4) is 11.1 Å². The molecule has 2 aliphatic rings. The zero-order chi connectivity index (χ0) is 20.7. The molecule has 1 saturated heterocycles. The summed E-state index contributed by atoms with van der Waals surface area (Å²) in [5, 5.41) is 0. The normalized spacial score (nSPS) is 20.4. The number of hydrogen-bond acceptors (Lipinski definition) is 3. The highest BCUT2D eigenvalue weighted by molar-refractivity contribution is 6.01. The Labute approximate surface area is 175 Å². The number of hydrogen-bond donors (Lipinski definition) is 1. The maximum Gasteiger partial charge on any atom is 0.254 e. The molecule has 152 valence electrons. The number of nitrogens with zero attached hydrogens (tertiary/aromatic N) is 2. The summed E-state index contributed by atoms with van der Waals surface area (Å²) in [5.74, 6) is 0.710. The van der Waals surface area contributed by atoms with Crippen LogP contribution >= 0.6 is 0 Å². The average molecular weight is 399 g/mol. The fourth-order valence-corrected chi connectivity index (χ4v) is 5.18. The van der Waals surface area contributed by atoms with Crippen molar-refractivity contribution in [3.05, 3.63) is 87.6 Å². The van der Waals surface area contributed by atoms with E-state index in [2.05, 4.69) is 4.98 Å². The molecule has 5 heteroatoms. The molecule has 0 bridgehead atoms. The van der Waals surface area contributed by atoms with E-state index in [1.165, 1.54) is 0 Å². The van der Waals surface area contributed by atoms with Crippen molar-refractivity contribution in [3.63, 3.8) is 0 Å². The Morgan fingerprint density at radius 1 is 1.07 bits per heavy atom. The lowest BCUT2D eigenvalue weighted by Crippen LogP contribution is -2.48. The topological polar surface area (TPSA) is 66.1 Å². The van der Waals surface area contributed by atoms with E-state index in [9.17, 15) is 9.59 Å². The van der Waals surface area contributed by atoms with Gasteiger partial charge in [0, 0.05) is 29.6 Å². The van der Waals surface area contributed by atoms with Crippen LogP contribution in [0.2, 0.25) is 0 Å². The largest absolute Gasteiger partial charge is 0.338 e. The Balaban J connectivity index is 1.50. The van der Waals surface area contributed by atoms with Crippen molar-refractivity contribution < 1.29 is 4.79 Å². The van der Waals surface area contributed by atoms with Gasteiger partial charge in [-0.2, -0.15) is 0 Å². The number of nitrogens with one attached hydrogen (secondary N) is 1. The Morgan fingerprint density at radius 2 is 1.83 bits per heavy atom. The molecule has 5 nitrogen and oxygen atoms in total. The predicted octanol–water partition coefficient (Wildman–Crippen LogP) is 3.87.